The van der Waals surface area contributed by atoms with Crippen molar-refractivity contribution in [3.05, 3.63) is 17.0 Å². The summed E-state index contributed by atoms with van der Waals surface area (Å²) < 4.78 is 24.3. The van der Waals surface area contributed by atoms with Gasteiger partial charge in [-0.3, -0.25) is 9.89 Å². The van der Waals surface area contributed by atoms with E-state index >= 15 is 0 Å². The molecular weight excluding hydrogens is 304 g/mol. The van der Waals surface area contributed by atoms with Crippen molar-refractivity contribution in [3.63, 3.8) is 0 Å². The van der Waals surface area contributed by atoms with E-state index in [-0.39, 0.29) is 11.8 Å². The lowest BCUT2D eigenvalue weighted by Gasteiger charge is -2.29. The maximum Gasteiger partial charge on any atom is 0.223 e. The molecule has 8 heteroatoms. The van der Waals surface area contributed by atoms with Crippen LogP contribution >= 0.6 is 0 Å². The maximum atomic E-state index is 12.2. The van der Waals surface area contributed by atoms with Gasteiger partial charge in [0.05, 0.1) is 11.9 Å². The fourth-order valence-electron chi connectivity index (χ4n) is 2.85. The van der Waals surface area contributed by atoms with E-state index in [2.05, 4.69) is 15.5 Å². The summed E-state index contributed by atoms with van der Waals surface area (Å²) in [6.45, 7) is 5.35. The topological polar surface area (TPSA) is 95.2 Å². The van der Waals surface area contributed by atoms with Crippen LogP contribution in [-0.2, 0) is 21.2 Å². The summed E-state index contributed by atoms with van der Waals surface area (Å²) in [4.78, 5) is 12.2. The first kappa shape index (κ1) is 17.0. The molecule has 2 heterocycles. The average Bonchev–Trinajstić information content (AvgIpc) is 2.78. The van der Waals surface area contributed by atoms with Crippen LogP contribution in [0.15, 0.2) is 0 Å². The average molecular weight is 328 g/mol. The van der Waals surface area contributed by atoms with E-state index in [4.69, 9.17) is 0 Å². The smallest absolute Gasteiger partial charge is 0.223 e. The number of aryl methyl sites for hydroxylation is 2. The zero-order valence-electron chi connectivity index (χ0n) is 13.3. The lowest BCUT2D eigenvalue weighted by atomic mass is 9.97. The Hall–Kier alpha value is -1.41. The number of hydrogen-bond donors (Lipinski definition) is 2. The molecule has 0 aromatic carbocycles. The molecule has 0 aliphatic carbocycles. The number of aromatic nitrogens is 2. The Bertz CT molecular complexity index is 611. The second kappa shape index (κ2) is 6.78. The Balaban J connectivity index is 1.77. The third kappa shape index (κ3) is 4.07. The Kier molecular flexibility index (Phi) is 5.23. The third-order valence-corrected chi connectivity index (χ3v) is 5.55. The highest BCUT2D eigenvalue weighted by Gasteiger charge is 2.28. The molecule has 0 bridgehead atoms. The number of sulfonamides is 1. The van der Waals surface area contributed by atoms with E-state index < -0.39 is 10.0 Å². The number of aromatic amines is 1. The Morgan fingerprint density at radius 2 is 2.00 bits per heavy atom. The van der Waals surface area contributed by atoms with Gasteiger partial charge in [0.1, 0.15) is 0 Å². The summed E-state index contributed by atoms with van der Waals surface area (Å²) in [6, 6.07) is 0. The van der Waals surface area contributed by atoms with Gasteiger partial charge in [0.2, 0.25) is 15.9 Å². The van der Waals surface area contributed by atoms with Gasteiger partial charge in [-0.25, -0.2) is 12.7 Å². The van der Waals surface area contributed by atoms with Gasteiger partial charge in [-0.15, -0.1) is 0 Å². The second-order valence-electron chi connectivity index (χ2n) is 5.89. The number of carbonyl (C=O) groups excluding carboxylic acids is 1. The molecule has 22 heavy (non-hydrogen) atoms. The maximum absolute atomic E-state index is 12.2. The molecule has 2 N–H and O–H groups in total. The molecule has 0 saturated carbocycles. The molecular formula is C14H24N4O3S. The summed E-state index contributed by atoms with van der Waals surface area (Å²) in [5, 5.41) is 10.0. The third-order valence-electron chi connectivity index (χ3n) is 4.25. The largest absolute Gasteiger partial charge is 0.356 e. The number of piperidine rings is 1. The zero-order valence-corrected chi connectivity index (χ0v) is 14.2. The highest BCUT2D eigenvalue weighted by Crippen LogP contribution is 2.19. The fourth-order valence-corrected chi connectivity index (χ4v) is 3.72. The van der Waals surface area contributed by atoms with E-state index in [0.29, 0.717) is 32.5 Å². The molecule has 1 fully saturated rings. The van der Waals surface area contributed by atoms with Crippen LogP contribution in [0.1, 0.15) is 29.8 Å². The van der Waals surface area contributed by atoms with E-state index in [0.717, 1.165) is 23.4 Å². The molecule has 0 atom stereocenters. The summed E-state index contributed by atoms with van der Waals surface area (Å²) in [7, 11) is -3.14. The molecule has 0 radical (unpaired) electrons. The van der Waals surface area contributed by atoms with Crippen molar-refractivity contribution >= 4 is 15.9 Å². The summed E-state index contributed by atoms with van der Waals surface area (Å²) in [5.74, 6) is -0.0727. The number of amides is 1. The van der Waals surface area contributed by atoms with Crippen LogP contribution in [-0.4, -0.2) is 54.7 Å². The minimum atomic E-state index is -3.14. The van der Waals surface area contributed by atoms with Crippen LogP contribution < -0.4 is 5.32 Å². The van der Waals surface area contributed by atoms with Crippen LogP contribution in [0.3, 0.4) is 0 Å². The Labute approximate surface area is 131 Å². The molecule has 0 spiro atoms. The van der Waals surface area contributed by atoms with Crippen molar-refractivity contribution < 1.29 is 13.2 Å². The normalized spacial score (nSPS) is 17.6. The number of nitrogens with zero attached hydrogens (tertiary/aromatic N) is 2. The number of hydrogen-bond acceptors (Lipinski definition) is 4. The van der Waals surface area contributed by atoms with Gasteiger partial charge in [0, 0.05) is 31.2 Å². The van der Waals surface area contributed by atoms with Crippen LogP contribution in [0.2, 0.25) is 0 Å². The van der Waals surface area contributed by atoms with E-state index in [1.54, 1.807) is 0 Å². The van der Waals surface area contributed by atoms with Crippen LogP contribution in [0.4, 0.5) is 0 Å². The minimum absolute atomic E-state index is 0.0203. The lowest BCUT2D eigenvalue weighted by Crippen LogP contribution is -2.42. The Morgan fingerprint density at radius 3 is 2.50 bits per heavy atom. The van der Waals surface area contributed by atoms with Gasteiger partial charge in [-0.2, -0.15) is 5.10 Å². The molecule has 0 unspecified atom stereocenters. The van der Waals surface area contributed by atoms with Gasteiger partial charge >= 0.3 is 0 Å². The molecule has 124 valence electrons. The van der Waals surface area contributed by atoms with Gasteiger partial charge in [0.15, 0.2) is 0 Å². The highest BCUT2D eigenvalue weighted by atomic mass is 32.2. The number of rotatable bonds is 5. The molecule has 1 aromatic heterocycles. The van der Waals surface area contributed by atoms with E-state index in [1.807, 2.05) is 13.8 Å². The predicted octanol–water partition coefficient (Wildman–Crippen LogP) is 0.357. The first-order chi connectivity index (χ1) is 10.3. The van der Waals surface area contributed by atoms with Gasteiger partial charge in [-0.05, 0) is 38.7 Å². The van der Waals surface area contributed by atoms with Crippen molar-refractivity contribution in [2.75, 3.05) is 25.9 Å². The van der Waals surface area contributed by atoms with Crippen molar-refractivity contribution in [2.24, 2.45) is 5.92 Å². The molecule has 1 aromatic rings. The number of H-pyrrole nitrogens is 1. The monoisotopic (exact) mass is 328 g/mol. The van der Waals surface area contributed by atoms with Crippen molar-refractivity contribution in [2.45, 2.75) is 33.1 Å². The Morgan fingerprint density at radius 1 is 1.36 bits per heavy atom. The standard InChI is InChI=1S/C14H24N4O3S/c1-10-13(11(2)17-16-10)4-7-15-14(19)12-5-8-18(9-6-12)22(3,20)21/h12H,4-9H2,1-3H3,(H,15,19)(H,16,17). The van der Waals surface area contributed by atoms with Crippen molar-refractivity contribution in [3.8, 4) is 0 Å². The highest BCUT2D eigenvalue weighted by molar-refractivity contribution is 7.88. The quantitative estimate of drug-likeness (QED) is 0.816. The number of nitrogens with one attached hydrogen (secondary N) is 2. The molecule has 1 aliphatic rings. The first-order valence-electron chi connectivity index (χ1n) is 7.52. The summed E-state index contributed by atoms with van der Waals surface area (Å²) in [6.07, 6.45) is 3.14. The fraction of sp³-hybridized carbons (Fsp3) is 0.714. The van der Waals surface area contributed by atoms with Gasteiger partial charge < -0.3 is 5.32 Å². The summed E-state index contributed by atoms with van der Waals surface area (Å²) in [5.41, 5.74) is 3.15. The van der Waals surface area contributed by atoms with E-state index in [9.17, 15) is 13.2 Å². The molecule has 1 saturated heterocycles. The van der Waals surface area contributed by atoms with Gasteiger partial charge in [0.25, 0.3) is 0 Å². The molecule has 1 aliphatic heterocycles. The molecule has 2 rings (SSSR count). The van der Waals surface area contributed by atoms with Gasteiger partial charge in [-0.1, -0.05) is 0 Å². The van der Waals surface area contributed by atoms with Crippen molar-refractivity contribution in [1.82, 2.24) is 19.8 Å². The second-order valence-corrected chi connectivity index (χ2v) is 7.87. The minimum Gasteiger partial charge on any atom is -0.356 e. The van der Waals surface area contributed by atoms with E-state index in [1.165, 1.54) is 10.6 Å². The van der Waals surface area contributed by atoms with Crippen LogP contribution in [0, 0.1) is 19.8 Å². The number of carbonyl (C=O) groups is 1. The zero-order chi connectivity index (χ0) is 16.3. The molecule has 1 amide bonds. The van der Waals surface area contributed by atoms with Crippen molar-refractivity contribution in [1.29, 1.82) is 0 Å². The first-order valence-corrected chi connectivity index (χ1v) is 9.37. The SMILES string of the molecule is Cc1n[nH]c(C)c1CCNC(=O)C1CCN(S(C)(=O)=O)CC1. The van der Waals surface area contributed by atoms with Crippen LogP contribution in [0.5, 0.6) is 0 Å². The predicted molar refractivity (Wildman–Crippen MR) is 83.9 cm³/mol. The lowest BCUT2D eigenvalue weighted by molar-refractivity contribution is -0.126. The summed E-state index contributed by atoms with van der Waals surface area (Å²) >= 11 is 0. The molecule has 7 nitrogen and oxygen atoms in total. The van der Waals surface area contributed by atoms with Crippen LogP contribution in [0.25, 0.3) is 0 Å².